The fraction of sp³-hybridized carbons (Fsp3) is 0.222. The number of nitrogens with zero attached hydrogens (tertiary/aromatic N) is 2. The summed E-state index contributed by atoms with van der Waals surface area (Å²) >= 11 is 0. The average molecular weight is 262 g/mol. The molecule has 0 aliphatic carbocycles. The van der Waals surface area contributed by atoms with E-state index in [0.717, 1.165) is 16.6 Å². The highest BCUT2D eigenvalue weighted by molar-refractivity contribution is 5.81. The molecule has 0 aliphatic heterocycles. The predicted octanol–water partition coefficient (Wildman–Crippen LogP) is 4.73. The lowest BCUT2D eigenvalue weighted by atomic mass is 9.96. The van der Waals surface area contributed by atoms with E-state index in [4.69, 9.17) is 0 Å². The van der Waals surface area contributed by atoms with E-state index < -0.39 is 0 Å². The molecule has 100 valence electrons. The minimum Gasteiger partial charge on any atom is -0.256 e. The number of hydrogen-bond acceptors (Lipinski definition) is 2. The smallest absolute Gasteiger partial charge is 0.0739 e. The molecule has 0 bridgehead atoms. The van der Waals surface area contributed by atoms with Crippen molar-refractivity contribution in [2.75, 3.05) is 0 Å². The Labute approximate surface area is 119 Å². The normalized spacial score (nSPS) is 11.2. The van der Waals surface area contributed by atoms with Gasteiger partial charge in [0, 0.05) is 23.3 Å². The van der Waals surface area contributed by atoms with Gasteiger partial charge in [-0.2, -0.15) is 0 Å². The summed E-state index contributed by atoms with van der Waals surface area (Å²) in [5.41, 5.74) is 5.77. The summed E-state index contributed by atoms with van der Waals surface area (Å²) < 4.78 is 0. The van der Waals surface area contributed by atoms with Crippen molar-refractivity contribution in [1.29, 1.82) is 0 Å². The van der Waals surface area contributed by atoms with Crippen molar-refractivity contribution >= 4 is 10.9 Å². The first-order valence-corrected chi connectivity index (χ1v) is 6.96. The second kappa shape index (κ2) is 5.04. The zero-order valence-corrected chi connectivity index (χ0v) is 12.1. The third kappa shape index (κ3) is 2.42. The maximum Gasteiger partial charge on any atom is 0.0739 e. The monoisotopic (exact) mass is 262 g/mol. The van der Waals surface area contributed by atoms with Gasteiger partial charge in [-0.15, -0.1) is 0 Å². The van der Waals surface area contributed by atoms with Crippen molar-refractivity contribution < 1.29 is 0 Å². The first-order valence-electron chi connectivity index (χ1n) is 6.96. The Morgan fingerprint density at radius 1 is 1.00 bits per heavy atom. The van der Waals surface area contributed by atoms with Crippen LogP contribution in [-0.4, -0.2) is 9.97 Å². The lowest BCUT2D eigenvalue weighted by Crippen LogP contribution is -1.92. The van der Waals surface area contributed by atoms with Crippen molar-refractivity contribution in [3.05, 3.63) is 59.9 Å². The summed E-state index contributed by atoms with van der Waals surface area (Å²) in [6, 6.07) is 12.7. The Bertz CT molecular complexity index is 760. The lowest BCUT2D eigenvalue weighted by molar-refractivity contribution is 0.865. The maximum absolute atomic E-state index is 4.58. The van der Waals surface area contributed by atoms with Crippen molar-refractivity contribution in [1.82, 2.24) is 9.97 Å². The molecule has 0 atom stereocenters. The van der Waals surface area contributed by atoms with E-state index in [1.807, 2.05) is 24.5 Å². The molecule has 20 heavy (non-hydrogen) atoms. The second-order valence-corrected chi connectivity index (χ2v) is 5.55. The first kappa shape index (κ1) is 12.8. The standard InChI is InChI=1S/C18H18N2/c1-12(2)15-7-13(3)8-16(9-15)18-10-17-14(11-20-18)5-4-6-19-17/h4-12H,1-3H3. The quantitative estimate of drug-likeness (QED) is 0.667. The molecule has 0 spiro atoms. The average Bonchev–Trinajstić information content (AvgIpc) is 2.46. The highest BCUT2D eigenvalue weighted by Gasteiger charge is 2.06. The van der Waals surface area contributed by atoms with E-state index >= 15 is 0 Å². The highest BCUT2D eigenvalue weighted by Crippen LogP contribution is 2.26. The van der Waals surface area contributed by atoms with Crippen LogP contribution >= 0.6 is 0 Å². The van der Waals surface area contributed by atoms with E-state index in [2.05, 4.69) is 55.0 Å². The fourth-order valence-corrected chi connectivity index (χ4v) is 2.42. The van der Waals surface area contributed by atoms with Gasteiger partial charge in [0.2, 0.25) is 0 Å². The van der Waals surface area contributed by atoms with Gasteiger partial charge in [-0.05, 0) is 48.7 Å². The molecule has 0 unspecified atom stereocenters. The van der Waals surface area contributed by atoms with Crippen molar-refractivity contribution in [2.45, 2.75) is 26.7 Å². The molecule has 0 amide bonds. The molecule has 3 rings (SSSR count). The lowest BCUT2D eigenvalue weighted by Gasteiger charge is -2.10. The van der Waals surface area contributed by atoms with Gasteiger partial charge >= 0.3 is 0 Å². The minimum absolute atomic E-state index is 0.521. The van der Waals surface area contributed by atoms with E-state index in [1.54, 1.807) is 0 Å². The molecule has 2 aromatic heterocycles. The Morgan fingerprint density at radius 3 is 2.65 bits per heavy atom. The van der Waals surface area contributed by atoms with Crippen molar-refractivity contribution in [2.24, 2.45) is 0 Å². The zero-order chi connectivity index (χ0) is 14.1. The maximum atomic E-state index is 4.58. The Morgan fingerprint density at radius 2 is 1.85 bits per heavy atom. The third-order valence-corrected chi connectivity index (χ3v) is 3.55. The molecule has 0 N–H and O–H groups in total. The molecule has 2 heteroatoms. The molecule has 2 heterocycles. The summed E-state index contributed by atoms with van der Waals surface area (Å²) in [7, 11) is 0. The summed E-state index contributed by atoms with van der Waals surface area (Å²) in [5.74, 6) is 0.521. The van der Waals surface area contributed by atoms with Crippen molar-refractivity contribution in [3.63, 3.8) is 0 Å². The van der Waals surface area contributed by atoms with E-state index in [0.29, 0.717) is 5.92 Å². The zero-order valence-electron chi connectivity index (χ0n) is 12.1. The number of hydrogen-bond donors (Lipinski definition) is 0. The van der Waals surface area contributed by atoms with Crippen LogP contribution in [0.1, 0.15) is 30.9 Å². The second-order valence-electron chi connectivity index (χ2n) is 5.55. The molecule has 2 nitrogen and oxygen atoms in total. The van der Waals surface area contributed by atoms with Gasteiger partial charge in [0.05, 0.1) is 11.2 Å². The molecule has 0 saturated carbocycles. The number of rotatable bonds is 2. The Hall–Kier alpha value is -2.22. The van der Waals surface area contributed by atoms with Crippen LogP contribution in [0.5, 0.6) is 0 Å². The first-order chi connectivity index (χ1) is 9.63. The van der Waals surface area contributed by atoms with Gasteiger partial charge in [0.1, 0.15) is 0 Å². The molecule has 0 saturated heterocycles. The Balaban J connectivity index is 2.15. The molecule has 0 radical (unpaired) electrons. The van der Waals surface area contributed by atoms with Gasteiger partial charge in [0.15, 0.2) is 0 Å². The summed E-state index contributed by atoms with van der Waals surface area (Å²) in [5, 5.41) is 1.08. The largest absolute Gasteiger partial charge is 0.256 e. The van der Waals surface area contributed by atoms with E-state index in [1.165, 1.54) is 16.7 Å². The van der Waals surface area contributed by atoms with E-state index in [9.17, 15) is 0 Å². The summed E-state index contributed by atoms with van der Waals surface area (Å²) in [6.07, 6.45) is 3.72. The third-order valence-electron chi connectivity index (χ3n) is 3.55. The van der Waals surface area contributed by atoms with Gasteiger partial charge in [-0.3, -0.25) is 9.97 Å². The van der Waals surface area contributed by atoms with Crippen LogP contribution in [0.15, 0.2) is 48.8 Å². The van der Waals surface area contributed by atoms with Crippen LogP contribution < -0.4 is 0 Å². The minimum atomic E-state index is 0.521. The number of aromatic nitrogens is 2. The summed E-state index contributed by atoms with van der Waals surface area (Å²) in [6.45, 7) is 6.57. The SMILES string of the molecule is Cc1cc(-c2cc3ncccc3cn2)cc(C(C)C)c1. The number of benzene rings is 1. The molecular formula is C18H18N2. The van der Waals surface area contributed by atoms with Crippen LogP contribution in [-0.2, 0) is 0 Å². The number of pyridine rings is 2. The van der Waals surface area contributed by atoms with Gasteiger partial charge < -0.3 is 0 Å². The van der Waals surface area contributed by atoms with E-state index in [-0.39, 0.29) is 0 Å². The molecular weight excluding hydrogens is 244 g/mol. The van der Waals surface area contributed by atoms with Crippen molar-refractivity contribution in [3.8, 4) is 11.3 Å². The molecule has 1 aromatic carbocycles. The van der Waals surface area contributed by atoms with Gasteiger partial charge in [0.25, 0.3) is 0 Å². The summed E-state index contributed by atoms with van der Waals surface area (Å²) in [4.78, 5) is 8.99. The Kier molecular flexibility index (Phi) is 3.23. The number of aryl methyl sites for hydroxylation is 1. The molecule has 0 aliphatic rings. The van der Waals surface area contributed by atoms with Crippen LogP contribution in [0.25, 0.3) is 22.2 Å². The molecule has 0 fully saturated rings. The van der Waals surface area contributed by atoms with Crippen LogP contribution in [0.2, 0.25) is 0 Å². The van der Waals surface area contributed by atoms with Crippen LogP contribution in [0.4, 0.5) is 0 Å². The van der Waals surface area contributed by atoms with Gasteiger partial charge in [-0.1, -0.05) is 25.5 Å². The van der Waals surface area contributed by atoms with Crippen LogP contribution in [0.3, 0.4) is 0 Å². The highest BCUT2D eigenvalue weighted by atomic mass is 14.7. The topological polar surface area (TPSA) is 25.8 Å². The molecule has 3 aromatic rings. The van der Waals surface area contributed by atoms with Gasteiger partial charge in [-0.25, -0.2) is 0 Å². The fourth-order valence-electron chi connectivity index (χ4n) is 2.42. The number of fused-ring (bicyclic) bond motifs is 1. The predicted molar refractivity (Wildman–Crippen MR) is 83.8 cm³/mol. The van der Waals surface area contributed by atoms with Crippen LogP contribution in [0, 0.1) is 6.92 Å².